The molecule has 0 unspecified atom stereocenters. The number of para-hydroxylation sites is 2. The Hall–Kier alpha value is -5.49. The fourth-order valence-electron chi connectivity index (χ4n) is 5.96. The average molecular weight is 531 g/mol. The Balaban J connectivity index is 1.40. The van der Waals surface area contributed by atoms with Gasteiger partial charge in [0.2, 0.25) is 0 Å². The van der Waals surface area contributed by atoms with Crippen molar-refractivity contribution >= 4 is 32.8 Å². The van der Waals surface area contributed by atoms with Crippen LogP contribution in [0.5, 0.6) is 0 Å². The van der Waals surface area contributed by atoms with Crippen molar-refractivity contribution in [3.63, 3.8) is 0 Å². The molecule has 4 aromatic heterocycles. The maximum atomic E-state index is 4.99. The van der Waals surface area contributed by atoms with Crippen molar-refractivity contribution in [3.05, 3.63) is 122 Å². The number of hydrogen-bond acceptors (Lipinski definition) is 3. The minimum Gasteiger partial charge on any atom is -0.334 e. The number of rotatable bonds is 4. The van der Waals surface area contributed by atoms with E-state index in [1.807, 2.05) is 49.9 Å². The van der Waals surface area contributed by atoms with Crippen LogP contribution in [0.25, 0.3) is 72.6 Å². The first kappa shape index (κ1) is 23.4. The second-order valence-corrected chi connectivity index (χ2v) is 10.4. The summed E-state index contributed by atoms with van der Waals surface area (Å²) in [4.78, 5) is 14.2. The molecule has 0 fully saturated rings. The van der Waals surface area contributed by atoms with Crippen molar-refractivity contribution in [3.8, 4) is 39.7 Å². The lowest BCUT2D eigenvalue weighted by Gasteiger charge is -2.11. The van der Waals surface area contributed by atoms with Gasteiger partial charge in [-0.25, -0.2) is 9.97 Å². The fourth-order valence-corrected chi connectivity index (χ4v) is 5.96. The standard InChI is InChI=1S/C35H26N6/c1-39-19-18-37-34(39)24-14-16-31-28(21-24)27-15-13-25(35-38-30-11-3-4-12-32(30)40(35)2)22-33(27)41(31)26-9-7-8-23(20-26)29-10-5-6-17-36-29/h3-22H,1-2H3. The van der Waals surface area contributed by atoms with E-state index < -0.39 is 0 Å². The molecule has 0 aliphatic carbocycles. The Bertz CT molecular complexity index is 2230. The third-order valence-corrected chi connectivity index (χ3v) is 7.96. The van der Waals surface area contributed by atoms with Crippen LogP contribution in [0.4, 0.5) is 0 Å². The zero-order chi connectivity index (χ0) is 27.5. The van der Waals surface area contributed by atoms with Crippen molar-refractivity contribution in [2.45, 2.75) is 0 Å². The summed E-state index contributed by atoms with van der Waals surface area (Å²) < 4.78 is 6.58. The van der Waals surface area contributed by atoms with Crippen LogP contribution in [0.1, 0.15) is 0 Å². The number of pyridine rings is 1. The van der Waals surface area contributed by atoms with E-state index in [0.29, 0.717) is 0 Å². The highest BCUT2D eigenvalue weighted by atomic mass is 15.1. The van der Waals surface area contributed by atoms with Gasteiger partial charge in [0.05, 0.1) is 27.8 Å². The fraction of sp³-hybridized carbons (Fsp3) is 0.0571. The largest absolute Gasteiger partial charge is 0.334 e. The van der Waals surface area contributed by atoms with E-state index >= 15 is 0 Å². The molecule has 6 nitrogen and oxygen atoms in total. The van der Waals surface area contributed by atoms with Gasteiger partial charge < -0.3 is 13.7 Å². The van der Waals surface area contributed by atoms with Crippen molar-refractivity contribution < 1.29 is 0 Å². The van der Waals surface area contributed by atoms with Gasteiger partial charge in [0.15, 0.2) is 0 Å². The van der Waals surface area contributed by atoms with Crippen molar-refractivity contribution in [2.75, 3.05) is 0 Å². The molecule has 0 aliphatic heterocycles. The van der Waals surface area contributed by atoms with Crippen LogP contribution in [-0.2, 0) is 14.1 Å². The molecule has 0 spiro atoms. The van der Waals surface area contributed by atoms with Gasteiger partial charge in [-0.2, -0.15) is 0 Å². The van der Waals surface area contributed by atoms with E-state index in [9.17, 15) is 0 Å². The number of imidazole rings is 2. The first-order valence-electron chi connectivity index (χ1n) is 13.7. The lowest BCUT2D eigenvalue weighted by atomic mass is 10.1. The van der Waals surface area contributed by atoms with E-state index in [4.69, 9.17) is 4.98 Å². The number of aryl methyl sites for hydroxylation is 2. The number of hydrogen-bond donors (Lipinski definition) is 0. The molecule has 6 heteroatoms. The number of fused-ring (bicyclic) bond motifs is 4. The van der Waals surface area contributed by atoms with Crippen molar-refractivity contribution in [1.29, 1.82) is 0 Å². The summed E-state index contributed by atoms with van der Waals surface area (Å²) in [6.45, 7) is 0. The van der Waals surface area contributed by atoms with E-state index in [-0.39, 0.29) is 0 Å². The quantitative estimate of drug-likeness (QED) is 0.233. The van der Waals surface area contributed by atoms with Gasteiger partial charge in [0, 0.05) is 65.8 Å². The monoisotopic (exact) mass is 530 g/mol. The Morgan fingerprint density at radius 3 is 2.24 bits per heavy atom. The zero-order valence-electron chi connectivity index (χ0n) is 22.7. The molecule has 0 N–H and O–H groups in total. The summed E-state index contributed by atoms with van der Waals surface area (Å²) in [6.07, 6.45) is 5.66. The Kier molecular flexibility index (Phi) is 5.15. The molecule has 4 heterocycles. The Morgan fingerprint density at radius 2 is 1.41 bits per heavy atom. The van der Waals surface area contributed by atoms with Crippen LogP contribution in [0.2, 0.25) is 0 Å². The topological polar surface area (TPSA) is 53.5 Å². The zero-order valence-corrected chi connectivity index (χ0v) is 22.7. The molecular formula is C35H26N6. The third-order valence-electron chi connectivity index (χ3n) is 7.96. The van der Waals surface area contributed by atoms with Crippen LogP contribution < -0.4 is 0 Å². The second kappa shape index (κ2) is 9.03. The molecule has 0 radical (unpaired) electrons. The van der Waals surface area contributed by atoms with E-state index in [1.165, 1.54) is 10.8 Å². The van der Waals surface area contributed by atoms with Gasteiger partial charge in [-0.1, -0.05) is 42.5 Å². The number of nitrogens with zero attached hydrogens (tertiary/aromatic N) is 6. The Morgan fingerprint density at radius 1 is 0.561 bits per heavy atom. The van der Waals surface area contributed by atoms with Crippen LogP contribution in [0.15, 0.2) is 122 Å². The summed E-state index contributed by atoms with van der Waals surface area (Å²) in [6, 6.07) is 36.2. The summed E-state index contributed by atoms with van der Waals surface area (Å²) in [5, 5.41) is 2.36. The number of benzene rings is 4. The molecule has 0 atom stereocenters. The maximum absolute atomic E-state index is 4.99. The highest BCUT2D eigenvalue weighted by Crippen LogP contribution is 2.37. The van der Waals surface area contributed by atoms with E-state index in [1.54, 1.807) is 0 Å². The third kappa shape index (κ3) is 3.68. The second-order valence-electron chi connectivity index (χ2n) is 10.4. The molecule has 0 aliphatic rings. The molecule has 0 saturated carbocycles. The van der Waals surface area contributed by atoms with E-state index in [0.717, 1.165) is 61.8 Å². The molecule has 0 saturated heterocycles. The van der Waals surface area contributed by atoms with E-state index in [2.05, 4.69) is 110 Å². The van der Waals surface area contributed by atoms with Gasteiger partial charge in [0.1, 0.15) is 11.6 Å². The van der Waals surface area contributed by atoms with Crippen molar-refractivity contribution in [1.82, 2.24) is 28.7 Å². The molecule has 4 aromatic carbocycles. The van der Waals surface area contributed by atoms with Gasteiger partial charge in [-0.05, 0) is 60.7 Å². The lowest BCUT2D eigenvalue weighted by molar-refractivity contribution is 0.925. The predicted octanol–water partition coefficient (Wildman–Crippen LogP) is 7.80. The first-order valence-corrected chi connectivity index (χ1v) is 13.7. The molecule has 196 valence electrons. The minimum atomic E-state index is 0.945. The average Bonchev–Trinajstić information content (AvgIpc) is 3.70. The number of aromatic nitrogens is 6. The van der Waals surface area contributed by atoms with Crippen LogP contribution in [0.3, 0.4) is 0 Å². The molecule has 0 amide bonds. The molecule has 41 heavy (non-hydrogen) atoms. The smallest absolute Gasteiger partial charge is 0.140 e. The van der Waals surface area contributed by atoms with Crippen LogP contribution in [0, 0.1) is 0 Å². The molecule has 8 rings (SSSR count). The molecular weight excluding hydrogens is 504 g/mol. The van der Waals surface area contributed by atoms with Crippen LogP contribution >= 0.6 is 0 Å². The van der Waals surface area contributed by atoms with Gasteiger partial charge >= 0.3 is 0 Å². The highest BCUT2D eigenvalue weighted by molar-refractivity contribution is 6.11. The van der Waals surface area contributed by atoms with Gasteiger partial charge in [-0.15, -0.1) is 0 Å². The van der Waals surface area contributed by atoms with Gasteiger partial charge in [0.25, 0.3) is 0 Å². The lowest BCUT2D eigenvalue weighted by Crippen LogP contribution is -1.96. The van der Waals surface area contributed by atoms with Crippen LogP contribution in [-0.4, -0.2) is 28.7 Å². The summed E-state index contributed by atoms with van der Waals surface area (Å²) in [5.41, 5.74) is 9.65. The molecule has 8 aromatic rings. The highest BCUT2D eigenvalue weighted by Gasteiger charge is 2.18. The summed E-state index contributed by atoms with van der Waals surface area (Å²) >= 11 is 0. The summed E-state index contributed by atoms with van der Waals surface area (Å²) in [7, 11) is 4.11. The minimum absolute atomic E-state index is 0.945. The van der Waals surface area contributed by atoms with Crippen molar-refractivity contribution in [2.24, 2.45) is 14.1 Å². The first-order chi connectivity index (χ1) is 20.2. The summed E-state index contributed by atoms with van der Waals surface area (Å²) in [5.74, 6) is 1.89. The molecule has 0 bridgehead atoms. The SMILES string of the molecule is Cn1ccnc1-c1ccc2c(c1)c1ccc(-c3nc4ccccc4n3C)cc1n2-c1cccc(-c2ccccn2)c1. The Labute approximate surface area is 236 Å². The predicted molar refractivity (Wildman–Crippen MR) is 166 cm³/mol. The van der Waals surface area contributed by atoms with Gasteiger partial charge in [-0.3, -0.25) is 4.98 Å². The normalized spacial score (nSPS) is 11.7. The maximum Gasteiger partial charge on any atom is 0.140 e.